The van der Waals surface area contributed by atoms with Crippen molar-refractivity contribution < 1.29 is 9.53 Å². The molecule has 0 aliphatic carbocycles. The van der Waals surface area contributed by atoms with Crippen LogP contribution < -0.4 is 4.74 Å². The number of fused-ring (bicyclic) bond motifs is 4. The average molecular weight is 251 g/mol. The van der Waals surface area contributed by atoms with Gasteiger partial charge in [0.25, 0.3) is 5.91 Å². The van der Waals surface area contributed by atoms with Crippen molar-refractivity contribution in [2.24, 2.45) is 0 Å². The zero-order valence-electron chi connectivity index (χ0n) is 10.4. The second-order valence-electron chi connectivity index (χ2n) is 4.91. The summed E-state index contributed by atoms with van der Waals surface area (Å²) in [6.45, 7) is 0.717. The number of hydrogen-bond acceptors (Lipinski definition) is 2. The highest BCUT2D eigenvalue weighted by Crippen LogP contribution is 2.38. The number of rotatable bonds is 0. The average Bonchev–Trinajstić information content (AvgIpc) is 2.47. The summed E-state index contributed by atoms with van der Waals surface area (Å²) < 4.78 is 6.04. The highest BCUT2D eigenvalue weighted by Gasteiger charge is 2.37. The van der Waals surface area contributed by atoms with Crippen LogP contribution in [0.25, 0.3) is 0 Å². The first-order valence-electron chi connectivity index (χ1n) is 6.49. The van der Waals surface area contributed by atoms with Gasteiger partial charge in [-0.15, -0.1) is 0 Å². The summed E-state index contributed by atoms with van der Waals surface area (Å²) in [6.07, 6.45) is 0.622. The van der Waals surface area contributed by atoms with E-state index in [9.17, 15) is 4.79 Å². The number of nitrogens with zero attached hydrogens (tertiary/aromatic N) is 1. The Hall–Kier alpha value is -2.29. The van der Waals surface area contributed by atoms with Crippen molar-refractivity contribution in [3.8, 4) is 5.75 Å². The normalized spacial score (nSPS) is 20.1. The molecule has 2 aliphatic rings. The number of carbonyl (C=O) groups is 1. The van der Waals surface area contributed by atoms with Crippen molar-refractivity contribution >= 4 is 5.91 Å². The summed E-state index contributed by atoms with van der Waals surface area (Å²) in [5.41, 5.74) is 3.05. The Morgan fingerprint density at radius 2 is 1.84 bits per heavy atom. The molecule has 3 heteroatoms. The number of benzene rings is 2. The van der Waals surface area contributed by atoms with Crippen LogP contribution in [0.5, 0.6) is 5.75 Å². The minimum atomic E-state index is -0.271. The van der Waals surface area contributed by atoms with Crippen LogP contribution in [0.15, 0.2) is 48.5 Å². The zero-order chi connectivity index (χ0) is 12.8. The predicted octanol–water partition coefficient (Wildman–Crippen LogP) is 2.78. The predicted molar refractivity (Wildman–Crippen MR) is 71.0 cm³/mol. The maximum atomic E-state index is 12.5. The smallest absolute Gasteiger partial charge is 0.260 e. The molecule has 1 unspecified atom stereocenters. The van der Waals surface area contributed by atoms with E-state index in [0.29, 0.717) is 11.3 Å². The monoisotopic (exact) mass is 251 g/mol. The molecule has 0 saturated carbocycles. The molecule has 4 rings (SSSR count). The van der Waals surface area contributed by atoms with Crippen LogP contribution in [-0.4, -0.2) is 17.4 Å². The van der Waals surface area contributed by atoms with E-state index < -0.39 is 0 Å². The lowest BCUT2D eigenvalue weighted by Crippen LogP contribution is -2.45. The van der Waals surface area contributed by atoms with Crippen molar-refractivity contribution in [2.75, 3.05) is 6.54 Å². The van der Waals surface area contributed by atoms with Gasteiger partial charge < -0.3 is 4.74 Å². The molecule has 2 aromatic rings. The maximum Gasteiger partial charge on any atom is 0.260 e. The van der Waals surface area contributed by atoms with Gasteiger partial charge in [0.15, 0.2) is 0 Å². The van der Waals surface area contributed by atoms with Crippen molar-refractivity contribution in [3.63, 3.8) is 0 Å². The van der Waals surface area contributed by atoms with Gasteiger partial charge in [0.05, 0.1) is 5.56 Å². The van der Waals surface area contributed by atoms with Crippen LogP contribution in [0.2, 0.25) is 0 Å². The SMILES string of the molecule is O=C1c2ccccc2OC2c3ccccc3CCN12. The van der Waals surface area contributed by atoms with E-state index in [2.05, 4.69) is 6.07 Å². The quantitative estimate of drug-likeness (QED) is 0.720. The molecule has 1 atom stereocenters. The highest BCUT2D eigenvalue weighted by atomic mass is 16.5. The lowest BCUT2D eigenvalue weighted by molar-refractivity contribution is 0.00368. The Morgan fingerprint density at radius 3 is 2.79 bits per heavy atom. The largest absolute Gasteiger partial charge is 0.465 e. The van der Waals surface area contributed by atoms with Crippen molar-refractivity contribution in [3.05, 3.63) is 65.2 Å². The molecule has 0 N–H and O–H groups in total. The van der Waals surface area contributed by atoms with Crippen LogP contribution >= 0.6 is 0 Å². The van der Waals surface area contributed by atoms with E-state index in [1.54, 1.807) is 0 Å². The minimum absolute atomic E-state index is 0.0707. The first kappa shape index (κ1) is 10.6. The molecule has 0 fully saturated rings. The van der Waals surface area contributed by atoms with Gasteiger partial charge in [-0.1, -0.05) is 36.4 Å². The molecule has 0 spiro atoms. The van der Waals surface area contributed by atoms with Crippen LogP contribution in [0.3, 0.4) is 0 Å². The van der Waals surface area contributed by atoms with Crippen LogP contribution in [0.1, 0.15) is 27.7 Å². The van der Waals surface area contributed by atoms with Crippen molar-refractivity contribution in [1.29, 1.82) is 0 Å². The van der Waals surface area contributed by atoms with Gasteiger partial charge >= 0.3 is 0 Å². The van der Waals surface area contributed by atoms with Gasteiger partial charge in [0.1, 0.15) is 5.75 Å². The lowest BCUT2D eigenvalue weighted by Gasteiger charge is -2.40. The Morgan fingerprint density at radius 1 is 1.05 bits per heavy atom. The van der Waals surface area contributed by atoms with Gasteiger partial charge in [-0.3, -0.25) is 9.69 Å². The molecule has 1 amide bonds. The van der Waals surface area contributed by atoms with Crippen LogP contribution in [0.4, 0.5) is 0 Å². The Labute approximate surface area is 111 Å². The molecule has 94 valence electrons. The minimum Gasteiger partial charge on any atom is -0.465 e. The molecule has 2 heterocycles. The summed E-state index contributed by atoms with van der Waals surface area (Å²) >= 11 is 0. The third kappa shape index (κ3) is 1.48. The van der Waals surface area contributed by atoms with Gasteiger partial charge in [-0.25, -0.2) is 0 Å². The molecule has 0 radical (unpaired) electrons. The highest BCUT2D eigenvalue weighted by molar-refractivity contribution is 5.98. The molecule has 3 nitrogen and oxygen atoms in total. The first-order chi connectivity index (χ1) is 9.34. The van der Waals surface area contributed by atoms with E-state index >= 15 is 0 Å². The summed E-state index contributed by atoms with van der Waals surface area (Å²) in [5.74, 6) is 0.756. The summed E-state index contributed by atoms with van der Waals surface area (Å²) in [7, 11) is 0. The Balaban J connectivity index is 1.85. The standard InChI is InChI=1S/C16H13NO2/c18-15-13-7-3-4-8-14(13)19-16-12-6-2-1-5-11(12)9-10-17(15)16/h1-8,16H,9-10H2. The fourth-order valence-corrected chi connectivity index (χ4v) is 2.89. The van der Waals surface area contributed by atoms with Crippen LogP contribution in [0, 0.1) is 0 Å². The number of carbonyl (C=O) groups excluding carboxylic acids is 1. The van der Waals surface area contributed by atoms with Gasteiger partial charge in [0.2, 0.25) is 6.23 Å². The lowest BCUT2D eigenvalue weighted by atomic mass is 9.96. The summed E-state index contributed by atoms with van der Waals surface area (Å²) in [5, 5.41) is 0. The molecule has 0 bridgehead atoms. The first-order valence-corrected chi connectivity index (χ1v) is 6.49. The van der Waals surface area contributed by atoms with Gasteiger partial charge in [-0.2, -0.15) is 0 Å². The van der Waals surface area contributed by atoms with Gasteiger partial charge in [-0.05, 0) is 24.1 Å². The van der Waals surface area contributed by atoms with Gasteiger partial charge in [0, 0.05) is 12.1 Å². The molecule has 2 aliphatic heterocycles. The fourth-order valence-electron chi connectivity index (χ4n) is 2.89. The van der Waals surface area contributed by atoms with E-state index in [4.69, 9.17) is 4.74 Å². The van der Waals surface area contributed by atoms with E-state index in [-0.39, 0.29) is 12.1 Å². The second-order valence-corrected chi connectivity index (χ2v) is 4.91. The van der Waals surface area contributed by atoms with Crippen molar-refractivity contribution in [1.82, 2.24) is 4.90 Å². The van der Waals surface area contributed by atoms with E-state index in [1.807, 2.05) is 47.4 Å². The van der Waals surface area contributed by atoms with Crippen molar-refractivity contribution in [2.45, 2.75) is 12.6 Å². The molecule has 0 saturated heterocycles. The zero-order valence-corrected chi connectivity index (χ0v) is 10.4. The fraction of sp³-hybridized carbons (Fsp3) is 0.188. The number of hydrogen-bond donors (Lipinski definition) is 0. The maximum absolute atomic E-state index is 12.5. The number of para-hydroxylation sites is 1. The molecule has 2 aromatic carbocycles. The third-order valence-corrected chi connectivity index (χ3v) is 3.84. The van der Waals surface area contributed by atoms with E-state index in [1.165, 1.54) is 5.56 Å². The third-order valence-electron chi connectivity index (χ3n) is 3.84. The Kier molecular flexibility index (Phi) is 2.15. The summed E-state index contributed by atoms with van der Waals surface area (Å²) in [4.78, 5) is 14.3. The number of amides is 1. The molecule has 0 aromatic heterocycles. The number of ether oxygens (including phenoxy) is 1. The van der Waals surface area contributed by atoms with Crippen LogP contribution in [-0.2, 0) is 6.42 Å². The second kappa shape index (κ2) is 3.85. The topological polar surface area (TPSA) is 29.5 Å². The molecular formula is C16H13NO2. The van der Waals surface area contributed by atoms with E-state index in [0.717, 1.165) is 18.5 Å². The Bertz CT molecular complexity index is 665. The summed E-state index contributed by atoms with van der Waals surface area (Å²) in [6, 6.07) is 15.7. The molecular weight excluding hydrogens is 238 g/mol. The molecule has 19 heavy (non-hydrogen) atoms.